The molecule has 2 N–H and O–H groups in total. The molecule has 3 rings (SSSR count). The van der Waals surface area contributed by atoms with Gasteiger partial charge in [0.2, 0.25) is 5.91 Å². The molecule has 1 amide bonds. The van der Waals surface area contributed by atoms with Crippen LogP contribution in [0, 0.1) is 5.82 Å². The van der Waals surface area contributed by atoms with Gasteiger partial charge in [-0.05, 0) is 54.1 Å². The van der Waals surface area contributed by atoms with Crippen LogP contribution in [0.5, 0.6) is 0 Å². The summed E-state index contributed by atoms with van der Waals surface area (Å²) in [6.07, 6.45) is 3.55. The number of carboxylic acid groups (broad SMARTS) is 1. The van der Waals surface area contributed by atoms with E-state index in [0.29, 0.717) is 11.3 Å². The van der Waals surface area contributed by atoms with Gasteiger partial charge in [0.25, 0.3) is 0 Å². The summed E-state index contributed by atoms with van der Waals surface area (Å²) < 4.78 is 15.4. The van der Waals surface area contributed by atoms with Crippen LogP contribution >= 0.6 is 0 Å². The maximum Gasteiger partial charge on any atom is 0.303 e. The fraction of sp³-hybridized carbons (Fsp3) is 0.143. The average molecular weight is 366 g/mol. The molecule has 2 aromatic carbocycles. The highest BCUT2D eigenvalue weighted by Crippen LogP contribution is 2.25. The second kappa shape index (κ2) is 8.31. The minimum Gasteiger partial charge on any atom is -0.481 e. The van der Waals surface area contributed by atoms with Crippen LogP contribution in [0.2, 0.25) is 0 Å². The zero-order chi connectivity index (χ0) is 19.2. The molecule has 5 nitrogen and oxygen atoms in total. The summed E-state index contributed by atoms with van der Waals surface area (Å²) in [6, 6.07) is 16.8. The van der Waals surface area contributed by atoms with E-state index in [2.05, 4.69) is 5.32 Å². The SMILES string of the molecule is O=C(O)CC(CC(=O)Nc1ccc(-n2cccc2)cc1)c1cccc(F)c1. The molecule has 0 fully saturated rings. The summed E-state index contributed by atoms with van der Waals surface area (Å²) in [4.78, 5) is 23.5. The van der Waals surface area contributed by atoms with E-state index in [4.69, 9.17) is 5.11 Å². The molecule has 27 heavy (non-hydrogen) atoms. The van der Waals surface area contributed by atoms with Gasteiger partial charge in [0.05, 0.1) is 6.42 Å². The van der Waals surface area contributed by atoms with Crippen LogP contribution in [0.3, 0.4) is 0 Å². The minimum atomic E-state index is -1.03. The van der Waals surface area contributed by atoms with Crippen molar-refractivity contribution < 1.29 is 19.1 Å². The van der Waals surface area contributed by atoms with Gasteiger partial charge < -0.3 is 15.0 Å². The predicted octanol–water partition coefficient (Wildman–Crippen LogP) is 4.20. The second-order valence-electron chi connectivity index (χ2n) is 6.24. The van der Waals surface area contributed by atoms with E-state index in [1.165, 1.54) is 18.2 Å². The fourth-order valence-corrected chi connectivity index (χ4v) is 2.94. The lowest BCUT2D eigenvalue weighted by atomic mass is 9.92. The highest BCUT2D eigenvalue weighted by atomic mass is 19.1. The standard InChI is InChI=1S/C21H19FN2O3/c22-17-5-3-4-15(12-17)16(14-21(26)27)13-20(25)23-18-6-8-19(9-7-18)24-10-1-2-11-24/h1-12,16H,13-14H2,(H,23,25)(H,26,27). The third kappa shape index (κ3) is 5.04. The number of carbonyl (C=O) groups is 2. The highest BCUT2D eigenvalue weighted by Gasteiger charge is 2.20. The summed E-state index contributed by atoms with van der Waals surface area (Å²) in [5.74, 6) is -2.41. The number of hydrogen-bond donors (Lipinski definition) is 2. The Hall–Kier alpha value is -3.41. The van der Waals surface area contributed by atoms with E-state index in [0.717, 1.165) is 5.69 Å². The summed E-state index contributed by atoms with van der Waals surface area (Å²) >= 11 is 0. The van der Waals surface area contributed by atoms with Gasteiger partial charge in [-0.15, -0.1) is 0 Å². The van der Waals surface area contributed by atoms with Crippen LogP contribution < -0.4 is 5.32 Å². The Kier molecular flexibility index (Phi) is 5.66. The first-order valence-corrected chi connectivity index (χ1v) is 8.52. The monoisotopic (exact) mass is 366 g/mol. The predicted molar refractivity (Wildman–Crippen MR) is 100 cm³/mol. The van der Waals surface area contributed by atoms with Gasteiger partial charge in [-0.2, -0.15) is 0 Å². The van der Waals surface area contributed by atoms with E-state index in [1.807, 2.05) is 41.2 Å². The summed E-state index contributed by atoms with van der Waals surface area (Å²) in [7, 11) is 0. The summed E-state index contributed by atoms with van der Waals surface area (Å²) in [5, 5.41) is 11.9. The third-order valence-corrected chi connectivity index (χ3v) is 4.23. The molecule has 0 saturated carbocycles. The first kappa shape index (κ1) is 18.4. The van der Waals surface area contributed by atoms with Gasteiger partial charge in [0.15, 0.2) is 0 Å². The molecule has 0 radical (unpaired) electrons. The number of benzene rings is 2. The van der Waals surface area contributed by atoms with Crippen molar-refractivity contribution in [1.29, 1.82) is 0 Å². The molecule has 0 bridgehead atoms. The van der Waals surface area contributed by atoms with E-state index in [-0.39, 0.29) is 18.7 Å². The summed E-state index contributed by atoms with van der Waals surface area (Å²) in [6.45, 7) is 0. The van der Waals surface area contributed by atoms with Crippen molar-refractivity contribution in [2.24, 2.45) is 0 Å². The molecule has 1 atom stereocenters. The van der Waals surface area contributed by atoms with Gasteiger partial charge in [-0.1, -0.05) is 12.1 Å². The Morgan fingerprint density at radius 3 is 2.33 bits per heavy atom. The number of nitrogens with one attached hydrogen (secondary N) is 1. The molecule has 1 aromatic heterocycles. The molecule has 0 aliphatic heterocycles. The molecule has 3 aromatic rings. The Balaban J connectivity index is 1.67. The largest absolute Gasteiger partial charge is 0.481 e. The maximum atomic E-state index is 13.5. The van der Waals surface area contributed by atoms with Gasteiger partial charge in [-0.25, -0.2) is 4.39 Å². The van der Waals surface area contributed by atoms with Crippen LogP contribution in [-0.2, 0) is 9.59 Å². The van der Waals surface area contributed by atoms with Gasteiger partial charge >= 0.3 is 5.97 Å². The van der Waals surface area contributed by atoms with Crippen LogP contribution in [0.1, 0.15) is 24.3 Å². The minimum absolute atomic E-state index is 0.0465. The molecule has 0 aliphatic carbocycles. The maximum absolute atomic E-state index is 13.5. The van der Waals surface area contributed by atoms with Crippen molar-refractivity contribution in [3.8, 4) is 5.69 Å². The number of amides is 1. The number of aliphatic carboxylic acids is 1. The van der Waals surface area contributed by atoms with Crippen molar-refractivity contribution >= 4 is 17.6 Å². The van der Waals surface area contributed by atoms with E-state index >= 15 is 0 Å². The number of carbonyl (C=O) groups excluding carboxylic acids is 1. The molecule has 0 spiro atoms. The Bertz CT molecular complexity index is 921. The zero-order valence-corrected chi connectivity index (χ0v) is 14.5. The molecule has 1 unspecified atom stereocenters. The molecular weight excluding hydrogens is 347 g/mol. The number of anilines is 1. The number of carboxylic acids is 1. The van der Waals surface area contributed by atoms with Gasteiger partial charge in [-0.3, -0.25) is 9.59 Å². The lowest BCUT2D eigenvalue weighted by molar-refractivity contribution is -0.137. The van der Waals surface area contributed by atoms with Crippen molar-refractivity contribution in [1.82, 2.24) is 4.57 Å². The molecule has 6 heteroatoms. The van der Waals surface area contributed by atoms with Crippen LogP contribution in [-0.4, -0.2) is 21.6 Å². The number of aromatic nitrogens is 1. The fourth-order valence-electron chi connectivity index (χ4n) is 2.94. The number of rotatable bonds is 7. The molecule has 1 heterocycles. The molecule has 0 saturated heterocycles. The van der Waals surface area contributed by atoms with Crippen molar-refractivity contribution in [2.75, 3.05) is 5.32 Å². The third-order valence-electron chi connectivity index (χ3n) is 4.23. The molecular formula is C21H19FN2O3. The topological polar surface area (TPSA) is 71.3 Å². The summed E-state index contributed by atoms with van der Waals surface area (Å²) in [5.41, 5.74) is 2.07. The van der Waals surface area contributed by atoms with Crippen LogP contribution in [0.15, 0.2) is 73.1 Å². The number of nitrogens with zero attached hydrogens (tertiary/aromatic N) is 1. The van der Waals surface area contributed by atoms with Gasteiger partial charge in [0, 0.05) is 36.1 Å². The van der Waals surface area contributed by atoms with E-state index < -0.39 is 17.7 Å². The van der Waals surface area contributed by atoms with Crippen LogP contribution in [0.25, 0.3) is 5.69 Å². The van der Waals surface area contributed by atoms with E-state index in [1.54, 1.807) is 18.2 Å². The van der Waals surface area contributed by atoms with Crippen molar-refractivity contribution in [3.05, 3.63) is 84.4 Å². The first-order chi connectivity index (χ1) is 13.0. The molecule has 138 valence electrons. The number of halogens is 1. The normalized spacial score (nSPS) is 11.7. The Labute approximate surface area is 156 Å². The van der Waals surface area contributed by atoms with Crippen molar-refractivity contribution in [2.45, 2.75) is 18.8 Å². The number of hydrogen-bond acceptors (Lipinski definition) is 2. The quantitative estimate of drug-likeness (QED) is 0.658. The van der Waals surface area contributed by atoms with Crippen molar-refractivity contribution in [3.63, 3.8) is 0 Å². The first-order valence-electron chi connectivity index (χ1n) is 8.52. The smallest absolute Gasteiger partial charge is 0.303 e. The van der Waals surface area contributed by atoms with E-state index in [9.17, 15) is 14.0 Å². The highest BCUT2D eigenvalue weighted by molar-refractivity contribution is 5.91. The second-order valence-corrected chi connectivity index (χ2v) is 6.24. The lowest BCUT2D eigenvalue weighted by Crippen LogP contribution is -2.18. The van der Waals surface area contributed by atoms with Crippen LogP contribution in [0.4, 0.5) is 10.1 Å². The zero-order valence-electron chi connectivity index (χ0n) is 14.5. The lowest BCUT2D eigenvalue weighted by Gasteiger charge is -2.15. The van der Waals surface area contributed by atoms with Gasteiger partial charge in [0.1, 0.15) is 5.82 Å². The Morgan fingerprint density at radius 1 is 1.00 bits per heavy atom. The molecule has 0 aliphatic rings. The Morgan fingerprint density at radius 2 is 1.70 bits per heavy atom. The average Bonchev–Trinajstić information content (AvgIpc) is 3.16.